The van der Waals surface area contributed by atoms with Crippen LogP contribution >= 0.6 is 0 Å². The van der Waals surface area contributed by atoms with E-state index < -0.39 is 0 Å². The Morgan fingerprint density at radius 3 is 2.63 bits per heavy atom. The molecule has 0 bridgehead atoms. The van der Waals surface area contributed by atoms with Crippen LogP contribution in [-0.4, -0.2) is 42.8 Å². The first-order valence-corrected chi connectivity index (χ1v) is 9.45. The summed E-state index contributed by atoms with van der Waals surface area (Å²) in [6, 6.07) is 15.6. The molecule has 27 heavy (non-hydrogen) atoms. The third kappa shape index (κ3) is 3.82. The first-order chi connectivity index (χ1) is 13.2. The predicted molar refractivity (Wildman–Crippen MR) is 104 cm³/mol. The average molecular weight is 364 g/mol. The minimum absolute atomic E-state index is 0.0597. The zero-order valence-electron chi connectivity index (χ0n) is 15.6. The van der Waals surface area contributed by atoms with Crippen LogP contribution in [-0.2, 0) is 11.3 Å². The van der Waals surface area contributed by atoms with Crippen molar-refractivity contribution < 1.29 is 14.3 Å². The molecular formula is C22H24N2O3. The van der Waals surface area contributed by atoms with Crippen LogP contribution in [0.3, 0.4) is 0 Å². The number of ketones is 1. The zero-order chi connectivity index (χ0) is 18.8. The Morgan fingerprint density at radius 1 is 1.15 bits per heavy atom. The van der Waals surface area contributed by atoms with E-state index in [0.717, 1.165) is 29.8 Å². The van der Waals surface area contributed by atoms with Crippen LogP contribution < -0.4 is 9.64 Å². The maximum atomic E-state index is 12.7. The van der Waals surface area contributed by atoms with Gasteiger partial charge in [-0.2, -0.15) is 0 Å². The third-order valence-corrected chi connectivity index (χ3v) is 5.30. The summed E-state index contributed by atoms with van der Waals surface area (Å²) in [5.41, 5.74) is 2.74. The summed E-state index contributed by atoms with van der Waals surface area (Å²) in [4.78, 5) is 29.5. The number of methoxy groups -OCH3 is 1. The van der Waals surface area contributed by atoms with E-state index in [2.05, 4.69) is 0 Å². The highest BCUT2D eigenvalue weighted by atomic mass is 16.5. The quantitative estimate of drug-likeness (QED) is 0.764. The van der Waals surface area contributed by atoms with E-state index in [1.54, 1.807) is 7.11 Å². The van der Waals surface area contributed by atoms with Crippen LogP contribution in [0.15, 0.2) is 48.5 Å². The molecule has 1 heterocycles. The molecule has 5 nitrogen and oxygen atoms in total. The van der Waals surface area contributed by atoms with E-state index in [9.17, 15) is 9.59 Å². The Morgan fingerprint density at radius 2 is 1.93 bits per heavy atom. The highest BCUT2D eigenvalue weighted by Crippen LogP contribution is 2.34. The smallest absolute Gasteiger partial charge is 0.224 e. The minimum Gasteiger partial charge on any atom is -0.497 e. The fraction of sp³-hybridized carbons (Fsp3) is 0.364. The predicted octanol–water partition coefficient (Wildman–Crippen LogP) is 3.28. The second-order valence-electron chi connectivity index (χ2n) is 7.21. The zero-order valence-corrected chi connectivity index (χ0v) is 15.6. The number of carbonyl (C=O) groups excluding carboxylic acids is 2. The number of benzene rings is 2. The highest BCUT2D eigenvalue weighted by molar-refractivity contribution is 5.99. The summed E-state index contributed by atoms with van der Waals surface area (Å²) in [6.45, 7) is 1.38. The molecule has 5 heteroatoms. The lowest BCUT2D eigenvalue weighted by Gasteiger charge is -2.33. The van der Waals surface area contributed by atoms with Gasteiger partial charge < -0.3 is 14.5 Å². The molecule has 0 spiro atoms. The number of amides is 1. The molecule has 0 radical (unpaired) electrons. The number of hydrogen-bond acceptors (Lipinski definition) is 4. The van der Waals surface area contributed by atoms with Gasteiger partial charge in [-0.25, -0.2) is 0 Å². The van der Waals surface area contributed by atoms with Crippen molar-refractivity contribution in [2.75, 3.05) is 25.1 Å². The molecule has 140 valence electrons. The number of ether oxygens (including phenoxy) is 1. The van der Waals surface area contributed by atoms with Crippen molar-refractivity contribution in [3.8, 4) is 5.75 Å². The summed E-state index contributed by atoms with van der Waals surface area (Å²) in [5.74, 6) is 0.999. The van der Waals surface area contributed by atoms with Gasteiger partial charge in [-0.3, -0.25) is 9.59 Å². The summed E-state index contributed by atoms with van der Waals surface area (Å²) in [5, 5.41) is 0. The second kappa shape index (κ2) is 7.43. The van der Waals surface area contributed by atoms with Gasteiger partial charge in [0.15, 0.2) is 5.78 Å². The highest BCUT2D eigenvalue weighted by Gasteiger charge is 2.34. The van der Waals surface area contributed by atoms with Crippen molar-refractivity contribution in [2.45, 2.75) is 31.8 Å². The van der Waals surface area contributed by atoms with Gasteiger partial charge in [0.25, 0.3) is 0 Å². The Balaban J connectivity index is 1.64. The van der Waals surface area contributed by atoms with Crippen LogP contribution in [0.5, 0.6) is 5.75 Å². The lowest BCUT2D eigenvalue weighted by molar-refractivity contribution is -0.132. The van der Waals surface area contributed by atoms with Crippen molar-refractivity contribution in [3.05, 3.63) is 59.7 Å². The van der Waals surface area contributed by atoms with Gasteiger partial charge in [-0.05, 0) is 36.6 Å². The molecular weight excluding hydrogens is 340 g/mol. The first-order valence-electron chi connectivity index (χ1n) is 9.45. The fourth-order valence-electron chi connectivity index (χ4n) is 3.66. The van der Waals surface area contributed by atoms with E-state index in [4.69, 9.17) is 4.74 Å². The van der Waals surface area contributed by atoms with Crippen molar-refractivity contribution in [1.82, 2.24) is 4.90 Å². The number of anilines is 1. The number of rotatable bonds is 5. The minimum atomic E-state index is 0.0597. The second-order valence-corrected chi connectivity index (χ2v) is 7.21. The van der Waals surface area contributed by atoms with Crippen LogP contribution in [0.4, 0.5) is 5.69 Å². The average Bonchev–Trinajstić information content (AvgIpc) is 3.53. The molecule has 1 saturated carbocycles. The van der Waals surface area contributed by atoms with Gasteiger partial charge in [0.1, 0.15) is 5.75 Å². The Bertz CT molecular complexity index is 846. The number of nitrogens with zero attached hydrogens (tertiary/aromatic N) is 2. The number of fused-ring (bicyclic) bond motifs is 1. The molecule has 2 aromatic carbocycles. The molecule has 2 aromatic rings. The standard InChI is InChI=1S/C22H24N2O3/c1-27-19-9-10-20-17(13-19)14-24(18-7-8-18)22(26)11-12-23(20)15-21(25)16-5-3-2-4-6-16/h2-6,9-10,13,18H,7-8,11-12,14-15H2,1H3. The van der Waals surface area contributed by atoms with Crippen LogP contribution in [0.1, 0.15) is 35.2 Å². The van der Waals surface area contributed by atoms with Crippen LogP contribution in [0.25, 0.3) is 0 Å². The first kappa shape index (κ1) is 17.6. The molecule has 0 N–H and O–H groups in total. The summed E-state index contributed by atoms with van der Waals surface area (Å²) in [6.07, 6.45) is 2.60. The molecule has 1 amide bonds. The van der Waals surface area contributed by atoms with Crippen molar-refractivity contribution in [1.29, 1.82) is 0 Å². The summed E-state index contributed by atoms with van der Waals surface area (Å²) < 4.78 is 5.39. The molecule has 4 rings (SSSR count). The molecule has 2 aliphatic rings. The van der Waals surface area contributed by atoms with Crippen molar-refractivity contribution >= 4 is 17.4 Å². The van der Waals surface area contributed by atoms with E-state index in [1.807, 2.05) is 58.3 Å². The van der Waals surface area contributed by atoms with Gasteiger partial charge in [0, 0.05) is 36.8 Å². The summed E-state index contributed by atoms with van der Waals surface area (Å²) >= 11 is 0. The molecule has 0 atom stereocenters. The maximum absolute atomic E-state index is 12.7. The Hall–Kier alpha value is -2.82. The molecule has 1 fully saturated rings. The fourth-order valence-corrected chi connectivity index (χ4v) is 3.66. The van der Waals surface area contributed by atoms with Gasteiger partial charge in [0.05, 0.1) is 13.7 Å². The van der Waals surface area contributed by atoms with E-state index in [-0.39, 0.29) is 18.2 Å². The lowest BCUT2D eigenvalue weighted by atomic mass is 10.1. The van der Waals surface area contributed by atoms with E-state index >= 15 is 0 Å². The summed E-state index contributed by atoms with van der Waals surface area (Å²) in [7, 11) is 1.64. The van der Waals surface area contributed by atoms with Crippen LogP contribution in [0.2, 0.25) is 0 Å². The third-order valence-electron chi connectivity index (χ3n) is 5.30. The van der Waals surface area contributed by atoms with Gasteiger partial charge >= 0.3 is 0 Å². The van der Waals surface area contributed by atoms with Gasteiger partial charge in [0.2, 0.25) is 5.91 Å². The molecule has 0 aromatic heterocycles. The maximum Gasteiger partial charge on any atom is 0.224 e. The Kier molecular flexibility index (Phi) is 4.84. The van der Waals surface area contributed by atoms with Crippen LogP contribution in [0, 0.1) is 0 Å². The monoisotopic (exact) mass is 364 g/mol. The van der Waals surface area contributed by atoms with Gasteiger partial charge in [-0.15, -0.1) is 0 Å². The Labute approximate surface area is 159 Å². The lowest BCUT2D eigenvalue weighted by Crippen LogP contribution is -2.40. The molecule has 1 aliphatic carbocycles. The van der Waals surface area contributed by atoms with Crippen molar-refractivity contribution in [3.63, 3.8) is 0 Å². The molecule has 0 unspecified atom stereocenters. The molecule has 1 aliphatic heterocycles. The number of Topliss-reactive ketones (excluding diaryl/α,β-unsaturated/α-hetero) is 1. The van der Waals surface area contributed by atoms with E-state index in [0.29, 0.717) is 31.1 Å². The van der Waals surface area contributed by atoms with Gasteiger partial charge in [-0.1, -0.05) is 30.3 Å². The molecule has 0 saturated heterocycles. The normalized spacial score (nSPS) is 17.1. The topological polar surface area (TPSA) is 49.9 Å². The van der Waals surface area contributed by atoms with Crippen molar-refractivity contribution in [2.24, 2.45) is 0 Å². The number of carbonyl (C=O) groups is 2. The van der Waals surface area contributed by atoms with E-state index in [1.165, 1.54) is 0 Å². The SMILES string of the molecule is COc1ccc2c(c1)CN(C1CC1)C(=O)CCN2CC(=O)c1ccccc1. The number of hydrogen-bond donors (Lipinski definition) is 0. The largest absolute Gasteiger partial charge is 0.497 e.